The van der Waals surface area contributed by atoms with Gasteiger partial charge in [-0.1, -0.05) is 6.07 Å². The van der Waals surface area contributed by atoms with E-state index in [0.717, 1.165) is 0 Å². The first-order valence-electron chi connectivity index (χ1n) is 4.95. The van der Waals surface area contributed by atoms with Gasteiger partial charge in [-0.25, -0.2) is 0 Å². The summed E-state index contributed by atoms with van der Waals surface area (Å²) in [5, 5.41) is 0. The Hall–Kier alpha value is -1.89. The molecular formula is C11H13F2NO4. The van der Waals surface area contributed by atoms with E-state index < -0.39 is 18.6 Å². The Bertz CT molecular complexity index is 426. The highest BCUT2D eigenvalue weighted by atomic mass is 19.3. The molecule has 0 aliphatic rings. The third-order valence-corrected chi connectivity index (χ3v) is 2.22. The van der Waals surface area contributed by atoms with Gasteiger partial charge in [0.1, 0.15) is 6.04 Å². The Morgan fingerprint density at radius 1 is 1.28 bits per heavy atom. The van der Waals surface area contributed by atoms with Gasteiger partial charge in [-0.3, -0.25) is 4.79 Å². The molecule has 5 nitrogen and oxygen atoms in total. The molecule has 0 amide bonds. The van der Waals surface area contributed by atoms with Gasteiger partial charge in [0.15, 0.2) is 11.5 Å². The van der Waals surface area contributed by atoms with E-state index in [1.165, 1.54) is 32.4 Å². The summed E-state index contributed by atoms with van der Waals surface area (Å²) < 4.78 is 38.0. The van der Waals surface area contributed by atoms with Crippen molar-refractivity contribution in [2.45, 2.75) is 12.7 Å². The summed E-state index contributed by atoms with van der Waals surface area (Å²) in [6, 6.07) is 3.00. The molecule has 7 heteroatoms. The molecule has 1 aromatic carbocycles. The number of halogens is 2. The van der Waals surface area contributed by atoms with E-state index in [-0.39, 0.29) is 11.5 Å². The Balaban J connectivity index is 3.05. The number of hydrogen-bond acceptors (Lipinski definition) is 5. The van der Waals surface area contributed by atoms with Crippen LogP contribution in [-0.2, 0) is 9.53 Å². The van der Waals surface area contributed by atoms with Gasteiger partial charge in [0.25, 0.3) is 0 Å². The molecule has 1 unspecified atom stereocenters. The number of hydrogen-bond donors (Lipinski definition) is 1. The first kappa shape index (κ1) is 14.2. The largest absolute Gasteiger partial charge is 0.493 e. The fourth-order valence-electron chi connectivity index (χ4n) is 1.34. The first-order chi connectivity index (χ1) is 8.49. The molecule has 0 saturated heterocycles. The van der Waals surface area contributed by atoms with Crippen LogP contribution in [0.1, 0.15) is 11.6 Å². The van der Waals surface area contributed by atoms with Gasteiger partial charge in [0.2, 0.25) is 0 Å². The van der Waals surface area contributed by atoms with Gasteiger partial charge < -0.3 is 19.9 Å². The van der Waals surface area contributed by atoms with E-state index in [4.69, 9.17) is 10.5 Å². The molecular weight excluding hydrogens is 248 g/mol. The SMILES string of the molecule is COC(=O)C(N)c1ccc(OC)c(OC(F)F)c1. The van der Waals surface area contributed by atoms with Crippen molar-refractivity contribution < 1.29 is 27.8 Å². The van der Waals surface area contributed by atoms with E-state index in [1.807, 2.05) is 0 Å². The van der Waals surface area contributed by atoms with Gasteiger partial charge >= 0.3 is 12.6 Å². The van der Waals surface area contributed by atoms with Crippen molar-refractivity contribution in [3.8, 4) is 11.5 Å². The Morgan fingerprint density at radius 3 is 2.44 bits per heavy atom. The van der Waals surface area contributed by atoms with Gasteiger partial charge in [0.05, 0.1) is 14.2 Å². The monoisotopic (exact) mass is 261 g/mol. The highest BCUT2D eigenvalue weighted by Crippen LogP contribution is 2.31. The zero-order chi connectivity index (χ0) is 13.7. The van der Waals surface area contributed by atoms with Crippen molar-refractivity contribution in [2.24, 2.45) is 5.73 Å². The first-order valence-corrected chi connectivity index (χ1v) is 4.95. The highest BCUT2D eigenvalue weighted by Gasteiger charge is 2.19. The topological polar surface area (TPSA) is 70.8 Å². The van der Waals surface area contributed by atoms with E-state index in [9.17, 15) is 13.6 Å². The third-order valence-electron chi connectivity index (χ3n) is 2.22. The van der Waals surface area contributed by atoms with Crippen LogP contribution in [0.3, 0.4) is 0 Å². The van der Waals surface area contributed by atoms with Crippen molar-refractivity contribution in [1.29, 1.82) is 0 Å². The number of nitrogens with two attached hydrogens (primary N) is 1. The van der Waals surface area contributed by atoms with Crippen LogP contribution >= 0.6 is 0 Å². The van der Waals surface area contributed by atoms with Crippen molar-refractivity contribution in [3.05, 3.63) is 23.8 Å². The number of alkyl halides is 2. The average molecular weight is 261 g/mol. The van der Waals surface area contributed by atoms with E-state index >= 15 is 0 Å². The van der Waals surface area contributed by atoms with Crippen molar-refractivity contribution >= 4 is 5.97 Å². The number of methoxy groups -OCH3 is 2. The summed E-state index contributed by atoms with van der Waals surface area (Å²) in [6.07, 6.45) is 0. The Kier molecular flexibility index (Phi) is 4.85. The molecule has 1 rings (SSSR count). The molecule has 0 bridgehead atoms. The molecule has 18 heavy (non-hydrogen) atoms. The zero-order valence-corrected chi connectivity index (χ0v) is 9.85. The van der Waals surface area contributed by atoms with Crippen LogP contribution < -0.4 is 15.2 Å². The second kappa shape index (κ2) is 6.15. The summed E-state index contributed by atoms with van der Waals surface area (Å²) in [5.74, 6) is -0.747. The van der Waals surface area contributed by atoms with Gasteiger partial charge in [-0.2, -0.15) is 8.78 Å². The summed E-state index contributed by atoms with van der Waals surface area (Å²) in [6.45, 7) is -3.00. The second-order valence-corrected chi connectivity index (χ2v) is 3.29. The molecule has 0 aliphatic heterocycles. The van der Waals surface area contributed by atoms with E-state index in [0.29, 0.717) is 5.56 Å². The number of carbonyl (C=O) groups is 1. The minimum atomic E-state index is -3.00. The molecule has 0 heterocycles. The van der Waals surface area contributed by atoms with Crippen molar-refractivity contribution in [3.63, 3.8) is 0 Å². The van der Waals surface area contributed by atoms with Gasteiger partial charge in [0, 0.05) is 0 Å². The van der Waals surface area contributed by atoms with E-state index in [1.54, 1.807) is 0 Å². The van der Waals surface area contributed by atoms with E-state index in [2.05, 4.69) is 9.47 Å². The third kappa shape index (κ3) is 3.30. The summed E-state index contributed by atoms with van der Waals surface area (Å²) >= 11 is 0. The van der Waals surface area contributed by atoms with Crippen molar-refractivity contribution in [1.82, 2.24) is 0 Å². The lowest BCUT2D eigenvalue weighted by Crippen LogP contribution is -2.22. The molecule has 2 N–H and O–H groups in total. The average Bonchev–Trinajstić information content (AvgIpc) is 2.36. The summed E-state index contributed by atoms with van der Waals surface area (Å²) in [5.41, 5.74) is 5.87. The maximum absolute atomic E-state index is 12.2. The molecule has 0 saturated carbocycles. The molecule has 1 atom stereocenters. The molecule has 0 aliphatic carbocycles. The normalized spacial score (nSPS) is 12.1. The summed E-state index contributed by atoms with van der Waals surface area (Å²) in [4.78, 5) is 11.2. The highest BCUT2D eigenvalue weighted by molar-refractivity contribution is 5.77. The minimum absolute atomic E-state index is 0.121. The lowest BCUT2D eigenvalue weighted by atomic mass is 10.1. The molecule has 0 spiro atoms. The fraction of sp³-hybridized carbons (Fsp3) is 0.364. The Morgan fingerprint density at radius 2 is 1.94 bits per heavy atom. The maximum Gasteiger partial charge on any atom is 0.387 e. The van der Waals surface area contributed by atoms with Crippen LogP contribution in [-0.4, -0.2) is 26.8 Å². The van der Waals surface area contributed by atoms with Crippen LogP contribution in [0.25, 0.3) is 0 Å². The maximum atomic E-state index is 12.2. The van der Waals surface area contributed by atoms with Crippen LogP contribution in [0.15, 0.2) is 18.2 Å². The second-order valence-electron chi connectivity index (χ2n) is 3.29. The quantitative estimate of drug-likeness (QED) is 0.813. The Labute approximate surface area is 102 Å². The number of rotatable bonds is 5. The van der Waals surface area contributed by atoms with Crippen LogP contribution in [0.5, 0.6) is 11.5 Å². The van der Waals surface area contributed by atoms with Crippen LogP contribution in [0.2, 0.25) is 0 Å². The van der Waals surface area contributed by atoms with Gasteiger partial charge in [-0.05, 0) is 17.7 Å². The van der Waals surface area contributed by atoms with Crippen LogP contribution in [0, 0.1) is 0 Å². The van der Waals surface area contributed by atoms with Crippen molar-refractivity contribution in [2.75, 3.05) is 14.2 Å². The minimum Gasteiger partial charge on any atom is -0.493 e. The van der Waals surface area contributed by atoms with Crippen LogP contribution in [0.4, 0.5) is 8.78 Å². The molecule has 0 aromatic heterocycles. The van der Waals surface area contributed by atoms with Gasteiger partial charge in [-0.15, -0.1) is 0 Å². The lowest BCUT2D eigenvalue weighted by Gasteiger charge is -2.14. The summed E-state index contributed by atoms with van der Waals surface area (Å²) in [7, 11) is 2.50. The smallest absolute Gasteiger partial charge is 0.387 e. The zero-order valence-electron chi connectivity index (χ0n) is 9.85. The number of carbonyl (C=O) groups excluding carboxylic acids is 1. The number of ether oxygens (including phenoxy) is 3. The molecule has 0 radical (unpaired) electrons. The predicted octanol–water partition coefficient (Wildman–Crippen LogP) is 1.47. The number of benzene rings is 1. The lowest BCUT2D eigenvalue weighted by molar-refractivity contribution is -0.142. The molecule has 1 aromatic rings. The molecule has 0 fully saturated rings. The predicted molar refractivity (Wildman–Crippen MR) is 58.6 cm³/mol. The number of esters is 1. The molecule has 100 valence electrons. The fourth-order valence-corrected chi connectivity index (χ4v) is 1.34. The standard InChI is InChI=1S/C11H13F2NO4/c1-16-7-4-3-6(9(14)10(15)17-2)5-8(7)18-11(12)13/h3-5,9,11H,14H2,1-2H3.